The van der Waals surface area contributed by atoms with Gasteiger partial charge in [-0.05, 0) is 74.6 Å². The van der Waals surface area contributed by atoms with Crippen molar-refractivity contribution in [1.82, 2.24) is 0 Å². The first-order chi connectivity index (χ1) is 11.6. The van der Waals surface area contributed by atoms with Crippen molar-refractivity contribution in [2.45, 2.75) is 50.0 Å². The molecule has 3 aliphatic rings. The first-order valence-electron chi connectivity index (χ1n) is 9.24. The van der Waals surface area contributed by atoms with E-state index in [9.17, 15) is 4.79 Å². The van der Waals surface area contributed by atoms with Crippen molar-refractivity contribution in [3.63, 3.8) is 0 Å². The largest absolute Gasteiger partial charge is 0.326 e. The lowest BCUT2D eigenvalue weighted by molar-refractivity contribution is -0.122. The second kappa shape index (κ2) is 6.60. The van der Waals surface area contributed by atoms with Crippen LogP contribution >= 0.6 is 23.5 Å². The highest BCUT2D eigenvalue weighted by atomic mass is 32.2. The van der Waals surface area contributed by atoms with Crippen molar-refractivity contribution in [2.24, 2.45) is 17.8 Å². The van der Waals surface area contributed by atoms with Crippen LogP contribution in [0.15, 0.2) is 18.2 Å². The molecule has 2 aliphatic carbocycles. The summed E-state index contributed by atoms with van der Waals surface area (Å²) < 4.78 is 0.453. The van der Waals surface area contributed by atoms with E-state index in [4.69, 9.17) is 0 Å². The lowest BCUT2D eigenvalue weighted by Crippen LogP contribution is -2.48. The molecule has 1 heterocycles. The predicted molar refractivity (Wildman–Crippen MR) is 106 cm³/mol. The number of rotatable bonds is 2. The average Bonchev–Trinajstić information content (AvgIpc) is 2.95. The third kappa shape index (κ3) is 3.01. The van der Waals surface area contributed by atoms with Crippen LogP contribution in [-0.4, -0.2) is 21.5 Å². The molecule has 1 N–H and O–H groups in total. The number of hydrogen-bond donors (Lipinski definition) is 1. The smallest absolute Gasteiger partial charge is 0.227 e. The number of thioether (sulfide) groups is 2. The fraction of sp³-hybridized carbons (Fsp3) is 0.650. The lowest BCUT2D eigenvalue weighted by atomic mass is 9.67. The quantitative estimate of drug-likeness (QED) is 0.780. The van der Waals surface area contributed by atoms with Crippen molar-refractivity contribution in [1.29, 1.82) is 0 Å². The van der Waals surface area contributed by atoms with Gasteiger partial charge in [0.05, 0.1) is 4.08 Å². The fourth-order valence-electron chi connectivity index (χ4n) is 5.11. The number of aryl methyl sites for hydroxylation is 2. The summed E-state index contributed by atoms with van der Waals surface area (Å²) in [4.78, 5) is 12.9. The van der Waals surface area contributed by atoms with E-state index in [0.717, 1.165) is 30.4 Å². The normalized spacial score (nSPS) is 31.2. The maximum Gasteiger partial charge on any atom is 0.227 e. The summed E-state index contributed by atoms with van der Waals surface area (Å²) in [7, 11) is 0. The summed E-state index contributed by atoms with van der Waals surface area (Å²) in [5.74, 6) is 4.53. The number of carbonyl (C=O) groups is 1. The Labute approximate surface area is 153 Å². The molecule has 1 aromatic rings. The molecule has 2 nitrogen and oxygen atoms in total. The number of amides is 1. The van der Waals surface area contributed by atoms with E-state index >= 15 is 0 Å². The first-order valence-corrected chi connectivity index (χ1v) is 11.2. The molecular formula is C20H27NOS2. The highest BCUT2D eigenvalue weighted by Crippen LogP contribution is 2.64. The summed E-state index contributed by atoms with van der Waals surface area (Å²) in [6, 6.07) is 6.32. The highest BCUT2D eigenvalue weighted by molar-refractivity contribution is 8.21. The third-order valence-corrected chi connectivity index (χ3v) is 10.00. The Balaban J connectivity index is 1.48. The van der Waals surface area contributed by atoms with E-state index in [0.29, 0.717) is 4.08 Å². The fourth-order valence-corrected chi connectivity index (χ4v) is 9.05. The highest BCUT2D eigenvalue weighted by Gasteiger charge is 2.55. The zero-order chi connectivity index (χ0) is 16.7. The Morgan fingerprint density at radius 2 is 1.62 bits per heavy atom. The van der Waals surface area contributed by atoms with Crippen LogP contribution < -0.4 is 5.32 Å². The van der Waals surface area contributed by atoms with Crippen molar-refractivity contribution in [3.8, 4) is 0 Å². The van der Waals surface area contributed by atoms with Crippen LogP contribution in [0.1, 0.15) is 43.2 Å². The summed E-state index contributed by atoms with van der Waals surface area (Å²) in [5.41, 5.74) is 3.39. The predicted octanol–water partition coefficient (Wildman–Crippen LogP) is 5.24. The molecular weight excluding hydrogens is 334 g/mol. The van der Waals surface area contributed by atoms with E-state index in [1.807, 2.05) is 0 Å². The van der Waals surface area contributed by atoms with Crippen LogP contribution in [0, 0.1) is 31.6 Å². The molecule has 1 amide bonds. The van der Waals surface area contributed by atoms with Gasteiger partial charge in [0.1, 0.15) is 0 Å². The van der Waals surface area contributed by atoms with Gasteiger partial charge in [-0.15, -0.1) is 23.5 Å². The molecule has 130 valence electrons. The maximum atomic E-state index is 12.9. The van der Waals surface area contributed by atoms with Gasteiger partial charge in [-0.3, -0.25) is 4.79 Å². The molecule has 4 rings (SSSR count). The van der Waals surface area contributed by atoms with Crippen LogP contribution in [0.2, 0.25) is 0 Å². The van der Waals surface area contributed by atoms with Crippen molar-refractivity contribution in [2.75, 3.05) is 16.8 Å². The Kier molecular flexibility index (Phi) is 4.63. The molecule has 2 atom stereocenters. The SMILES string of the molecule is Cc1cc(C)cc(NC(=O)C2C[C@H]3CCC[C@H](C2)C32SCCS2)c1. The minimum atomic E-state index is 0.202. The van der Waals surface area contributed by atoms with Gasteiger partial charge in [0, 0.05) is 23.1 Å². The molecule has 3 fully saturated rings. The second-order valence-corrected chi connectivity index (χ2v) is 10.8. The number of anilines is 1. The molecule has 1 saturated heterocycles. The molecule has 1 spiro atoms. The van der Waals surface area contributed by atoms with Crippen molar-refractivity contribution >= 4 is 35.1 Å². The molecule has 0 unspecified atom stereocenters. The minimum absolute atomic E-state index is 0.202. The van der Waals surface area contributed by atoms with Gasteiger partial charge in [0.2, 0.25) is 5.91 Å². The van der Waals surface area contributed by atoms with Gasteiger partial charge in [-0.25, -0.2) is 0 Å². The molecule has 2 saturated carbocycles. The molecule has 0 radical (unpaired) electrons. The number of benzene rings is 1. The van der Waals surface area contributed by atoms with Crippen LogP contribution in [0.4, 0.5) is 5.69 Å². The summed E-state index contributed by atoms with van der Waals surface area (Å²) in [6.45, 7) is 4.18. The maximum absolute atomic E-state index is 12.9. The Bertz CT molecular complexity index is 602. The Hall–Kier alpha value is -0.610. The lowest BCUT2D eigenvalue weighted by Gasteiger charge is -2.52. The molecule has 4 heteroatoms. The van der Waals surface area contributed by atoms with E-state index in [-0.39, 0.29) is 11.8 Å². The first kappa shape index (κ1) is 16.8. The van der Waals surface area contributed by atoms with Crippen LogP contribution in [-0.2, 0) is 4.79 Å². The monoisotopic (exact) mass is 361 g/mol. The van der Waals surface area contributed by atoms with Crippen molar-refractivity contribution in [3.05, 3.63) is 29.3 Å². The van der Waals surface area contributed by atoms with Crippen molar-refractivity contribution < 1.29 is 4.79 Å². The number of carbonyl (C=O) groups excluding carboxylic acids is 1. The zero-order valence-corrected chi connectivity index (χ0v) is 16.3. The molecule has 24 heavy (non-hydrogen) atoms. The van der Waals surface area contributed by atoms with Gasteiger partial charge in [-0.1, -0.05) is 12.5 Å². The van der Waals surface area contributed by atoms with Gasteiger partial charge < -0.3 is 5.32 Å². The van der Waals surface area contributed by atoms with E-state index in [2.05, 4.69) is 60.9 Å². The van der Waals surface area contributed by atoms with Gasteiger partial charge >= 0.3 is 0 Å². The Morgan fingerprint density at radius 3 is 2.21 bits per heavy atom. The Morgan fingerprint density at radius 1 is 1.04 bits per heavy atom. The summed E-state index contributed by atoms with van der Waals surface area (Å²) >= 11 is 4.42. The summed E-state index contributed by atoms with van der Waals surface area (Å²) in [5, 5.41) is 3.21. The van der Waals surface area contributed by atoms with Crippen LogP contribution in [0.3, 0.4) is 0 Å². The number of nitrogens with one attached hydrogen (secondary N) is 1. The van der Waals surface area contributed by atoms with Gasteiger partial charge in [0.15, 0.2) is 0 Å². The molecule has 0 aromatic heterocycles. The standard InChI is InChI=1S/C20H27NOS2/c1-13-8-14(2)10-18(9-13)21-19(22)15-11-16-4-3-5-17(12-15)20(16)23-6-7-24-20/h8-10,15-17H,3-7,11-12H2,1-2H3,(H,21,22)/t16-,17-/m1/s1. The average molecular weight is 362 g/mol. The second-order valence-electron chi connectivity index (χ2n) is 7.78. The minimum Gasteiger partial charge on any atom is -0.326 e. The number of hydrogen-bond acceptors (Lipinski definition) is 3. The molecule has 1 aromatic carbocycles. The van der Waals surface area contributed by atoms with E-state index < -0.39 is 0 Å². The zero-order valence-electron chi connectivity index (χ0n) is 14.6. The topological polar surface area (TPSA) is 29.1 Å². The van der Waals surface area contributed by atoms with Gasteiger partial charge in [0.25, 0.3) is 0 Å². The summed E-state index contributed by atoms with van der Waals surface area (Å²) in [6.07, 6.45) is 6.19. The molecule has 2 bridgehead atoms. The molecule has 1 aliphatic heterocycles. The van der Waals surface area contributed by atoms with Crippen LogP contribution in [0.5, 0.6) is 0 Å². The van der Waals surface area contributed by atoms with Gasteiger partial charge in [-0.2, -0.15) is 0 Å². The van der Waals surface area contributed by atoms with E-state index in [1.54, 1.807) is 0 Å². The third-order valence-electron chi connectivity index (χ3n) is 5.98. The van der Waals surface area contributed by atoms with Crippen LogP contribution in [0.25, 0.3) is 0 Å². The van der Waals surface area contributed by atoms with E-state index in [1.165, 1.54) is 41.9 Å².